The highest BCUT2D eigenvalue weighted by Crippen LogP contribution is 2.34. The largest absolute Gasteiger partial charge is 0.397 e. The molecule has 1 saturated carbocycles. The maximum atomic E-state index is 13.4. The fourth-order valence-corrected chi connectivity index (χ4v) is 5.22. The average molecular weight is 447 g/mol. The van der Waals surface area contributed by atoms with Crippen LogP contribution in [-0.4, -0.2) is 58.6 Å². The van der Waals surface area contributed by atoms with Gasteiger partial charge in [-0.3, -0.25) is 0 Å². The van der Waals surface area contributed by atoms with E-state index in [9.17, 15) is 12.8 Å². The molecular weight excluding hydrogens is 425 g/mol. The number of nitrogen functional groups attached to an aromatic ring is 1. The number of halogens is 1. The molecule has 2 fully saturated rings. The van der Waals surface area contributed by atoms with Crippen LogP contribution in [0.3, 0.4) is 0 Å². The lowest BCUT2D eigenvalue weighted by molar-refractivity contribution is 0.0987. The topological polar surface area (TPSA) is 128 Å². The van der Waals surface area contributed by atoms with Crippen LogP contribution < -0.4 is 16.0 Å². The Morgan fingerprint density at radius 3 is 2.81 bits per heavy atom. The van der Waals surface area contributed by atoms with Gasteiger partial charge in [-0.2, -0.15) is 15.1 Å². The molecule has 10 nitrogen and oxygen atoms in total. The zero-order valence-electron chi connectivity index (χ0n) is 16.8. The molecule has 0 bridgehead atoms. The second-order valence-electron chi connectivity index (χ2n) is 7.81. The number of hydrogen-bond acceptors (Lipinski definition) is 9. The molecule has 1 aliphatic heterocycles. The molecule has 3 N–H and O–H groups in total. The molecule has 1 atom stereocenters. The average Bonchev–Trinajstić information content (AvgIpc) is 3.50. The van der Waals surface area contributed by atoms with Gasteiger partial charge in [0.05, 0.1) is 47.5 Å². The highest BCUT2D eigenvalue weighted by molar-refractivity contribution is 7.90. The molecule has 1 aliphatic carbocycles. The van der Waals surface area contributed by atoms with E-state index in [1.54, 1.807) is 0 Å². The monoisotopic (exact) mass is 447 g/mol. The van der Waals surface area contributed by atoms with Crippen molar-refractivity contribution in [1.29, 1.82) is 0 Å². The predicted molar refractivity (Wildman–Crippen MR) is 114 cm³/mol. The van der Waals surface area contributed by atoms with Crippen LogP contribution in [0.2, 0.25) is 0 Å². The molecule has 12 heteroatoms. The summed E-state index contributed by atoms with van der Waals surface area (Å²) in [7, 11) is -3.64. The number of nitrogens with one attached hydrogen (secondary N) is 1. The molecule has 2 aromatic heterocycles. The molecule has 1 aromatic carbocycles. The Balaban J connectivity index is 1.66. The van der Waals surface area contributed by atoms with Gasteiger partial charge in [-0.25, -0.2) is 12.8 Å². The van der Waals surface area contributed by atoms with Crippen molar-refractivity contribution >= 4 is 44.2 Å². The summed E-state index contributed by atoms with van der Waals surface area (Å²) in [6.45, 7) is 3.64. The first-order chi connectivity index (χ1) is 14.8. The molecule has 164 valence electrons. The van der Waals surface area contributed by atoms with Crippen molar-refractivity contribution in [3.8, 4) is 0 Å². The van der Waals surface area contributed by atoms with Gasteiger partial charge in [0.15, 0.2) is 5.65 Å². The first kappa shape index (κ1) is 19.9. The SMILES string of the molecule is C[C@@H]1COCCN1c1nc(Nc2ccc(F)cc2N)nc2c1cnn2S(=O)(=O)C1CC1. The van der Waals surface area contributed by atoms with E-state index < -0.39 is 21.1 Å². The molecular formula is C19H22FN7O3S. The van der Waals surface area contributed by atoms with E-state index in [0.717, 1.165) is 4.09 Å². The molecule has 0 unspecified atom stereocenters. The molecule has 31 heavy (non-hydrogen) atoms. The second kappa shape index (κ2) is 7.31. The number of nitrogens with two attached hydrogens (primary N) is 1. The standard InChI is InChI=1S/C19H22FN7O3S/c1-11-10-30-7-6-26(11)17-14-9-22-27(31(28,29)13-3-4-13)18(14)25-19(24-17)23-16-5-2-12(20)8-15(16)21/h2,5,8-9,11,13H,3-4,6-7,10,21H2,1H3,(H,23,24,25)/t11-/m1/s1. The van der Waals surface area contributed by atoms with E-state index in [-0.39, 0.29) is 23.3 Å². The Kier molecular flexibility index (Phi) is 4.70. The van der Waals surface area contributed by atoms with Crippen LogP contribution in [0.1, 0.15) is 19.8 Å². The summed E-state index contributed by atoms with van der Waals surface area (Å²) < 4.78 is 45.8. The number of benzene rings is 1. The summed E-state index contributed by atoms with van der Waals surface area (Å²) in [5.74, 6) is 0.240. The van der Waals surface area contributed by atoms with Gasteiger partial charge in [0.2, 0.25) is 5.95 Å². The smallest absolute Gasteiger partial charge is 0.258 e. The maximum Gasteiger partial charge on any atom is 0.258 e. The Morgan fingerprint density at radius 2 is 2.10 bits per heavy atom. The van der Waals surface area contributed by atoms with Crippen LogP contribution in [0, 0.1) is 5.82 Å². The number of fused-ring (bicyclic) bond motifs is 1. The normalized spacial score (nSPS) is 19.7. The number of morpholine rings is 1. The van der Waals surface area contributed by atoms with Gasteiger partial charge in [0.1, 0.15) is 11.6 Å². The van der Waals surface area contributed by atoms with E-state index >= 15 is 0 Å². The number of hydrogen-bond donors (Lipinski definition) is 2. The van der Waals surface area contributed by atoms with Crippen LogP contribution in [0.15, 0.2) is 24.4 Å². The van der Waals surface area contributed by atoms with Gasteiger partial charge < -0.3 is 20.7 Å². The zero-order chi connectivity index (χ0) is 21.8. The molecule has 1 saturated heterocycles. The van der Waals surface area contributed by atoms with Crippen molar-refractivity contribution in [1.82, 2.24) is 19.2 Å². The summed E-state index contributed by atoms with van der Waals surface area (Å²) in [5, 5.41) is 7.24. The van der Waals surface area contributed by atoms with Crippen molar-refractivity contribution in [3.63, 3.8) is 0 Å². The van der Waals surface area contributed by atoms with Crippen LogP contribution in [0.25, 0.3) is 11.0 Å². The van der Waals surface area contributed by atoms with Gasteiger partial charge in [0, 0.05) is 6.54 Å². The Labute approximate surface area is 178 Å². The lowest BCUT2D eigenvalue weighted by Crippen LogP contribution is -2.44. The third-order valence-corrected chi connectivity index (χ3v) is 7.53. The van der Waals surface area contributed by atoms with E-state index in [4.69, 9.17) is 10.5 Å². The summed E-state index contributed by atoms with van der Waals surface area (Å²) in [6.07, 6.45) is 2.71. The van der Waals surface area contributed by atoms with Crippen molar-refractivity contribution in [2.24, 2.45) is 0 Å². The van der Waals surface area contributed by atoms with Crippen LogP contribution >= 0.6 is 0 Å². The van der Waals surface area contributed by atoms with Crippen molar-refractivity contribution in [2.75, 3.05) is 35.7 Å². The van der Waals surface area contributed by atoms with Gasteiger partial charge in [-0.1, -0.05) is 0 Å². The molecule has 3 aromatic rings. The minimum atomic E-state index is -3.64. The fraction of sp³-hybridized carbons (Fsp3) is 0.421. The van der Waals surface area contributed by atoms with E-state index in [2.05, 4.69) is 20.4 Å². The fourth-order valence-electron chi connectivity index (χ4n) is 3.65. The number of aromatic nitrogens is 4. The highest BCUT2D eigenvalue weighted by Gasteiger charge is 2.39. The maximum absolute atomic E-state index is 13.4. The van der Waals surface area contributed by atoms with Crippen molar-refractivity contribution in [2.45, 2.75) is 31.1 Å². The predicted octanol–water partition coefficient (Wildman–Crippen LogP) is 1.86. The van der Waals surface area contributed by atoms with Crippen LogP contribution in [-0.2, 0) is 14.8 Å². The molecule has 2 aliphatic rings. The van der Waals surface area contributed by atoms with Crippen LogP contribution in [0.4, 0.5) is 27.5 Å². The van der Waals surface area contributed by atoms with Gasteiger partial charge >= 0.3 is 0 Å². The minimum Gasteiger partial charge on any atom is -0.397 e. The minimum absolute atomic E-state index is 0.0268. The quantitative estimate of drug-likeness (QED) is 0.563. The third kappa shape index (κ3) is 3.55. The Bertz CT molecular complexity index is 1260. The van der Waals surface area contributed by atoms with E-state index in [1.807, 2.05) is 11.8 Å². The van der Waals surface area contributed by atoms with Crippen molar-refractivity contribution in [3.05, 3.63) is 30.2 Å². The van der Waals surface area contributed by atoms with Crippen LogP contribution in [0.5, 0.6) is 0 Å². The zero-order valence-corrected chi connectivity index (χ0v) is 17.6. The van der Waals surface area contributed by atoms with E-state index in [0.29, 0.717) is 49.5 Å². The summed E-state index contributed by atoms with van der Waals surface area (Å²) >= 11 is 0. The number of nitrogens with zero attached hydrogens (tertiary/aromatic N) is 5. The lowest BCUT2D eigenvalue weighted by atomic mass is 10.2. The molecule has 0 radical (unpaired) electrons. The van der Waals surface area contributed by atoms with Gasteiger partial charge in [-0.15, -0.1) is 4.09 Å². The summed E-state index contributed by atoms with van der Waals surface area (Å²) in [6, 6.07) is 3.96. The van der Waals surface area contributed by atoms with Gasteiger partial charge in [0.25, 0.3) is 10.0 Å². The number of rotatable bonds is 5. The molecule has 0 spiro atoms. The summed E-state index contributed by atoms with van der Waals surface area (Å²) in [5.41, 5.74) is 6.71. The lowest BCUT2D eigenvalue weighted by Gasteiger charge is -2.34. The first-order valence-corrected chi connectivity index (χ1v) is 11.5. The van der Waals surface area contributed by atoms with Crippen molar-refractivity contribution < 1.29 is 17.5 Å². The number of anilines is 4. The molecule has 3 heterocycles. The Hall–Kier alpha value is -2.99. The second-order valence-corrected chi connectivity index (χ2v) is 9.86. The van der Waals surface area contributed by atoms with E-state index in [1.165, 1.54) is 24.4 Å². The molecule has 0 amide bonds. The van der Waals surface area contributed by atoms with Gasteiger partial charge in [-0.05, 0) is 38.0 Å². The Morgan fingerprint density at radius 1 is 1.29 bits per heavy atom. The first-order valence-electron chi connectivity index (χ1n) is 10.0. The third-order valence-electron chi connectivity index (χ3n) is 5.46. The highest BCUT2D eigenvalue weighted by atomic mass is 32.2. The summed E-state index contributed by atoms with van der Waals surface area (Å²) in [4.78, 5) is 11.1. The number of ether oxygens (including phenoxy) is 1. The molecule has 5 rings (SSSR count).